The maximum Gasteiger partial charge on any atom is 0.335 e. The number of fused-ring (bicyclic) bond motifs is 5. The quantitative estimate of drug-likeness (QED) is 0.694. The summed E-state index contributed by atoms with van der Waals surface area (Å²) in [6, 6.07) is 3.64. The first-order valence-corrected chi connectivity index (χ1v) is 10.4. The molecule has 7 atom stereocenters. The van der Waals surface area contributed by atoms with E-state index in [1.54, 1.807) is 12.3 Å². The molecule has 0 amide bonds. The molecule has 0 saturated heterocycles. The maximum atomic E-state index is 11.3. The third kappa shape index (κ3) is 2.40. The second-order valence-electron chi connectivity index (χ2n) is 9.09. The van der Waals surface area contributed by atoms with Gasteiger partial charge >= 0.3 is 5.63 Å². The van der Waals surface area contributed by atoms with Gasteiger partial charge in [-0.1, -0.05) is 19.3 Å². The third-order valence-electron chi connectivity index (χ3n) is 8.35. The Morgan fingerprint density at radius 2 is 1.42 bits per heavy atom. The van der Waals surface area contributed by atoms with Gasteiger partial charge in [-0.05, 0) is 98.0 Å². The van der Waals surface area contributed by atoms with Crippen molar-refractivity contribution in [2.24, 2.45) is 35.5 Å². The molecule has 1 heterocycles. The summed E-state index contributed by atoms with van der Waals surface area (Å²) < 4.78 is 5.17. The van der Waals surface area contributed by atoms with E-state index in [2.05, 4.69) is 0 Å². The summed E-state index contributed by atoms with van der Waals surface area (Å²) in [7, 11) is 0. The van der Waals surface area contributed by atoms with Gasteiger partial charge in [0, 0.05) is 6.07 Å². The first kappa shape index (κ1) is 15.2. The van der Waals surface area contributed by atoms with E-state index in [1.807, 2.05) is 6.07 Å². The fourth-order valence-electron chi connectivity index (χ4n) is 7.48. The van der Waals surface area contributed by atoms with E-state index in [-0.39, 0.29) is 5.63 Å². The van der Waals surface area contributed by atoms with Gasteiger partial charge in [-0.15, -0.1) is 0 Å². The summed E-state index contributed by atoms with van der Waals surface area (Å²) in [5, 5.41) is 0. The lowest BCUT2D eigenvalue weighted by molar-refractivity contribution is -0.0206. The molecule has 1 aromatic heterocycles. The smallest absolute Gasteiger partial charge is 0.335 e. The first-order chi connectivity index (χ1) is 11.8. The van der Waals surface area contributed by atoms with Crippen molar-refractivity contribution in [2.75, 3.05) is 0 Å². The Morgan fingerprint density at radius 3 is 2.29 bits per heavy atom. The number of rotatable bonds is 1. The molecule has 1 aromatic rings. The van der Waals surface area contributed by atoms with Crippen LogP contribution in [0.5, 0.6) is 0 Å². The molecule has 0 aliphatic heterocycles. The molecular formula is C22H30O2. The Morgan fingerprint density at radius 1 is 0.708 bits per heavy atom. The van der Waals surface area contributed by atoms with Crippen molar-refractivity contribution in [3.63, 3.8) is 0 Å². The van der Waals surface area contributed by atoms with Crippen LogP contribution in [-0.4, -0.2) is 0 Å². The fourth-order valence-corrected chi connectivity index (χ4v) is 7.48. The van der Waals surface area contributed by atoms with Crippen LogP contribution in [0, 0.1) is 35.5 Å². The van der Waals surface area contributed by atoms with Crippen LogP contribution in [0.15, 0.2) is 27.6 Å². The number of hydrogen-bond acceptors (Lipinski definition) is 2. The highest BCUT2D eigenvalue weighted by atomic mass is 16.4. The van der Waals surface area contributed by atoms with Crippen molar-refractivity contribution in [1.29, 1.82) is 0 Å². The second kappa shape index (κ2) is 6.04. The highest BCUT2D eigenvalue weighted by molar-refractivity contribution is 5.18. The molecule has 4 aliphatic carbocycles. The van der Waals surface area contributed by atoms with E-state index in [0.717, 1.165) is 35.5 Å². The second-order valence-corrected chi connectivity index (χ2v) is 9.09. The normalized spacial score (nSPS) is 44.4. The topological polar surface area (TPSA) is 30.2 Å². The van der Waals surface area contributed by atoms with Crippen LogP contribution < -0.4 is 5.63 Å². The van der Waals surface area contributed by atoms with Crippen molar-refractivity contribution in [3.05, 3.63) is 34.4 Å². The lowest BCUT2D eigenvalue weighted by atomic mass is 9.53. The zero-order valence-corrected chi connectivity index (χ0v) is 14.7. The minimum Gasteiger partial charge on any atom is -0.431 e. The van der Waals surface area contributed by atoms with Crippen LogP contribution in [0.4, 0.5) is 0 Å². The van der Waals surface area contributed by atoms with Gasteiger partial charge in [-0.25, -0.2) is 4.79 Å². The van der Waals surface area contributed by atoms with E-state index in [4.69, 9.17) is 4.42 Å². The largest absolute Gasteiger partial charge is 0.431 e. The van der Waals surface area contributed by atoms with Crippen molar-refractivity contribution >= 4 is 0 Å². The van der Waals surface area contributed by atoms with E-state index < -0.39 is 0 Å². The molecule has 2 nitrogen and oxygen atoms in total. The van der Waals surface area contributed by atoms with Gasteiger partial charge in [0.2, 0.25) is 0 Å². The Bertz CT molecular complexity index is 627. The SMILES string of the molecule is O=c1ccc([C@H]2CC[C@@H]3[C@@H]4CC[C@@H]5CCCC[C@H]5[C@H]4CC[C@@H]32)co1. The standard InChI is InChI=1S/C22H30O2/c23-22-12-6-15(13-24-22)17-8-9-21-19(17)11-10-18-16-4-2-1-3-14(16)5-7-20(18)21/h6,12-14,16-21H,1-5,7-11H2/t14-,16+,17+,18+,19+,20+,21-/m0/s1. The van der Waals surface area contributed by atoms with Crippen molar-refractivity contribution in [2.45, 2.75) is 70.1 Å². The zero-order chi connectivity index (χ0) is 16.1. The molecule has 24 heavy (non-hydrogen) atoms. The third-order valence-corrected chi connectivity index (χ3v) is 8.35. The van der Waals surface area contributed by atoms with E-state index in [0.29, 0.717) is 5.92 Å². The molecular weight excluding hydrogens is 296 g/mol. The Balaban J connectivity index is 1.37. The lowest BCUT2D eigenvalue weighted by Crippen LogP contribution is -2.43. The van der Waals surface area contributed by atoms with Crippen molar-refractivity contribution in [3.8, 4) is 0 Å². The molecule has 0 unspecified atom stereocenters. The van der Waals surface area contributed by atoms with Crippen LogP contribution in [-0.2, 0) is 0 Å². The average Bonchev–Trinajstić information content (AvgIpc) is 3.06. The summed E-state index contributed by atoms with van der Waals surface area (Å²) in [4.78, 5) is 11.3. The molecule has 0 aromatic carbocycles. The molecule has 5 rings (SSSR count). The highest BCUT2D eigenvalue weighted by Gasteiger charge is 2.51. The van der Waals surface area contributed by atoms with Crippen LogP contribution in [0.1, 0.15) is 75.7 Å². The summed E-state index contributed by atoms with van der Waals surface area (Å²) in [6.07, 6.45) is 16.4. The van der Waals surface area contributed by atoms with Crippen LogP contribution in [0.2, 0.25) is 0 Å². The summed E-state index contributed by atoms with van der Waals surface area (Å²) in [6.45, 7) is 0. The maximum absolute atomic E-state index is 11.3. The lowest BCUT2D eigenvalue weighted by Gasteiger charge is -2.52. The van der Waals surface area contributed by atoms with Crippen LogP contribution >= 0.6 is 0 Å². The van der Waals surface area contributed by atoms with E-state index >= 15 is 0 Å². The minimum absolute atomic E-state index is 0.215. The van der Waals surface area contributed by atoms with Gasteiger partial charge < -0.3 is 4.42 Å². The molecule has 2 heteroatoms. The molecule has 4 fully saturated rings. The number of hydrogen-bond donors (Lipinski definition) is 0. The molecule has 0 radical (unpaired) electrons. The predicted octanol–water partition coefficient (Wildman–Crippen LogP) is 5.38. The molecule has 0 bridgehead atoms. The van der Waals surface area contributed by atoms with Gasteiger partial charge in [0.15, 0.2) is 0 Å². The fraction of sp³-hybridized carbons (Fsp3) is 0.773. The van der Waals surface area contributed by atoms with Gasteiger partial charge in [0.25, 0.3) is 0 Å². The summed E-state index contributed by atoms with van der Waals surface area (Å²) in [5.41, 5.74) is 1.07. The zero-order valence-electron chi connectivity index (χ0n) is 14.7. The monoisotopic (exact) mass is 326 g/mol. The van der Waals surface area contributed by atoms with Crippen LogP contribution in [0.3, 0.4) is 0 Å². The Labute approximate surface area is 145 Å². The van der Waals surface area contributed by atoms with E-state index in [1.165, 1.54) is 69.8 Å². The molecule has 4 saturated carbocycles. The van der Waals surface area contributed by atoms with Crippen LogP contribution in [0.25, 0.3) is 0 Å². The summed E-state index contributed by atoms with van der Waals surface area (Å²) >= 11 is 0. The Hall–Kier alpha value is -1.05. The van der Waals surface area contributed by atoms with E-state index in [9.17, 15) is 4.79 Å². The Kier molecular flexibility index (Phi) is 3.83. The van der Waals surface area contributed by atoms with Crippen molar-refractivity contribution in [1.82, 2.24) is 0 Å². The van der Waals surface area contributed by atoms with Gasteiger partial charge in [0.05, 0.1) is 6.26 Å². The molecule has 0 N–H and O–H groups in total. The first-order valence-electron chi connectivity index (χ1n) is 10.4. The van der Waals surface area contributed by atoms with Gasteiger partial charge in [0.1, 0.15) is 0 Å². The summed E-state index contributed by atoms with van der Waals surface area (Å²) in [5.74, 6) is 6.61. The molecule has 0 spiro atoms. The molecule has 4 aliphatic rings. The average molecular weight is 326 g/mol. The highest BCUT2D eigenvalue weighted by Crippen LogP contribution is 2.60. The predicted molar refractivity (Wildman–Crippen MR) is 94.8 cm³/mol. The van der Waals surface area contributed by atoms with Gasteiger partial charge in [-0.2, -0.15) is 0 Å². The van der Waals surface area contributed by atoms with Crippen molar-refractivity contribution < 1.29 is 4.42 Å². The molecule has 130 valence electrons. The minimum atomic E-state index is -0.215. The van der Waals surface area contributed by atoms with Gasteiger partial charge in [-0.3, -0.25) is 0 Å².